The van der Waals surface area contributed by atoms with Gasteiger partial charge in [0.15, 0.2) is 5.82 Å². The number of hydrogen-bond donors (Lipinski definition) is 2. The summed E-state index contributed by atoms with van der Waals surface area (Å²) in [7, 11) is 0. The molecule has 3 rings (SSSR count). The van der Waals surface area contributed by atoms with Gasteiger partial charge in [-0.1, -0.05) is 29.8 Å². The molecule has 2 N–H and O–H groups in total. The molecule has 6 nitrogen and oxygen atoms in total. The minimum Gasteiger partial charge on any atom is -0.489 e. The predicted molar refractivity (Wildman–Crippen MR) is 105 cm³/mol. The first-order chi connectivity index (χ1) is 12.5. The molecular formula is C19H20ClN5O. The van der Waals surface area contributed by atoms with Gasteiger partial charge in [0.2, 0.25) is 5.95 Å². The summed E-state index contributed by atoms with van der Waals surface area (Å²) in [5.74, 6) is 1.67. The van der Waals surface area contributed by atoms with Gasteiger partial charge in [0, 0.05) is 10.7 Å². The molecule has 0 aliphatic heterocycles. The van der Waals surface area contributed by atoms with Crippen molar-refractivity contribution in [3.8, 4) is 5.75 Å². The zero-order chi connectivity index (χ0) is 18.5. The number of rotatable bonds is 6. The van der Waals surface area contributed by atoms with Crippen LogP contribution in [0.15, 0.2) is 48.7 Å². The van der Waals surface area contributed by atoms with Crippen molar-refractivity contribution in [1.82, 2.24) is 15.2 Å². The quantitative estimate of drug-likeness (QED) is 0.629. The van der Waals surface area contributed by atoms with Gasteiger partial charge in [-0.15, -0.1) is 5.10 Å². The molecule has 0 amide bonds. The summed E-state index contributed by atoms with van der Waals surface area (Å²) in [5.41, 5.74) is 2.59. The highest BCUT2D eigenvalue weighted by atomic mass is 35.5. The Hall–Kier alpha value is -2.86. The van der Waals surface area contributed by atoms with Crippen LogP contribution in [0.5, 0.6) is 5.75 Å². The first-order valence-electron chi connectivity index (χ1n) is 8.27. The highest BCUT2D eigenvalue weighted by Gasteiger charge is 2.09. The van der Waals surface area contributed by atoms with E-state index >= 15 is 0 Å². The second-order valence-electron chi connectivity index (χ2n) is 5.99. The standard InChI is InChI=1S/C19H20ClN5O/c1-12(2)26-17-10-5-4-8-16(17)23-19-24-18(11-21-25-19)22-15-9-6-7-14(20)13(15)3/h4-12H,1-3H3,(H2,22,23,24,25). The average molecular weight is 370 g/mol. The van der Waals surface area contributed by atoms with Crippen LogP contribution in [0.25, 0.3) is 0 Å². The maximum Gasteiger partial charge on any atom is 0.249 e. The van der Waals surface area contributed by atoms with Gasteiger partial charge < -0.3 is 15.4 Å². The molecular weight excluding hydrogens is 350 g/mol. The third kappa shape index (κ3) is 4.40. The number of aromatic nitrogens is 3. The van der Waals surface area contributed by atoms with Gasteiger partial charge in [-0.2, -0.15) is 10.1 Å². The number of nitrogens with zero attached hydrogens (tertiary/aromatic N) is 3. The van der Waals surface area contributed by atoms with E-state index in [2.05, 4.69) is 25.8 Å². The lowest BCUT2D eigenvalue weighted by Crippen LogP contribution is -2.08. The van der Waals surface area contributed by atoms with Crippen LogP contribution in [-0.4, -0.2) is 21.3 Å². The Morgan fingerprint density at radius 2 is 1.77 bits per heavy atom. The maximum atomic E-state index is 6.16. The number of hydrogen-bond acceptors (Lipinski definition) is 6. The summed E-state index contributed by atoms with van der Waals surface area (Å²) in [6.45, 7) is 5.90. The molecule has 0 aliphatic rings. The molecule has 0 atom stereocenters. The summed E-state index contributed by atoms with van der Waals surface area (Å²) in [6, 6.07) is 13.3. The van der Waals surface area contributed by atoms with Crippen LogP contribution in [0, 0.1) is 6.92 Å². The zero-order valence-electron chi connectivity index (χ0n) is 14.8. The summed E-state index contributed by atoms with van der Waals surface area (Å²) in [5, 5.41) is 15.1. The van der Waals surface area contributed by atoms with Crippen molar-refractivity contribution in [3.05, 3.63) is 59.2 Å². The van der Waals surface area contributed by atoms with Crippen LogP contribution >= 0.6 is 11.6 Å². The topological polar surface area (TPSA) is 72.0 Å². The monoisotopic (exact) mass is 369 g/mol. The molecule has 0 aliphatic carbocycles. The second kappa shape index (κ2) is 8.01. The molecule has 2 aromatic carbocycles. The molecule has 7 heteroatoms. The zero-order valence-corrected chi connectivity index (χ0v) is 15.6. The van der Waals surface area contributed by atoms with Gasteiger partial charge in [-0.25, -0.2) is 0 Å². The Kier molecular flexibility index (Phi) is 5.53. The minimum atomic E-state index is 0.0656. The molecule has 1 heterocycles. The van der Waals surface area contributed by atoms with E-state index in [1.54, 1.807) is 6.20 Å². The summed E-state index contributed by atoms with van der Waals surface area (Å²) in [4.78, 5) is 4.46. The lowest BCUT2D eigenvalue weighted by Gasteiger charge is -2.15. The van der Waals surface area contributed by atoms with Crippen LogP contribution in [0.2, 0.25) is 5.02 Å². The first-order valence-corrected chi connectivity index (χ1v) is 8.65. The summed E-state index contributed by atoms with van der Waals surface area (Å²) in [6.07, 6.45) is 1.62. The molecule has 1 aromatic heterocycles. The van der Waals surface area contributed by atoms with Crippen molar-refractivity contribution < 1.29 is 4.74 Å². The van der Waals surface area contributed by atoms with Crippen molar-refractivity contribution in [2.24, 2.45) is 0 Å². The van der Waals surface area contributed by atoms with Crippen LogP contribution in [-0.2, 0) is 0 Å². The molecule has 0 radical (unpaired) electrons. The fraction of sp³-hybridized carbons (Fsp3) is 0.211. The van der Waals surface area contributed by atoms with E-state index in [4.69, 9.17) is 16.3 Å². The number of para-hydroxylation sites is 2. The smallest absolute Gasteiger partial charge is 0.249 e. The molecule has 0 saturated heterocycles. The number of ether oxygens (including phenoxy) is 1. The molecule has 0 fully saturated rings. The fourth-order valence-electron chi connectivity index (χ4n) is 2.34. The van der Waals surface area contributed by atoms with Crippen LogP contribution in [0.3, 0.4) is 0 Å². The third-order valence-corrected chi connectivity index (χ3v) is 3.99. The third-order valence-electron chi connectivity index (χ3n) is 3.59. The SMILES string of the molecule is Cc1c(Cl)cccc1Nc1cnnc(Nc2ccccc2OC(C)C)n1. The largest absolute Gasteiger partial charge is 0.489 e. The second-order valence-corrected chi connectivity index (χ2v) is 6.40. The minimum absolute atomic E-state index is 0.0656. The molecule has 26 heavy (non-hydrogen) atoms. The molecule has 3 aromatic rings. The van der Waals surface area contributed by atoms with Crippen LogP contribution in [0.4, 0.5) is 23.1 Å². The van der Waals surface area contributed by atoms with Gasteiger partial charge in [0.05, 0.1) is 18.0 Å². The molecule has 0 spiro atoms. The van der Waals surface area contributed by atoms with Gasteiger partial charge in [0.1, 0.15) is 5.75 Å². The van der Waals surface area contributed by atoms with Crippen LogP contribution < -0.4 is 15.4 Å². The Morgan fingerprint density at radius 1 is 1.00 bits per heavy atom. The lowest BCUT2D eigenvalue weighted by atomic mass is 10.2. The molecule has 0 saturated carbocycles. The van der Waals surface area contributed by atoms with Crippen molar-refractivity contribution >= 4 is 34.7 Å². The summed E-state index contributed by atoms with van der Waals surface area (Å²) >= 11 is 6.16. The van der Waals surface area contributed by atoms with Crippen molar-refractivity contribution in [2.45, 2.75) is 26.9 Å². The molecule has 0 unspecified atom stereocenters. The number of benzene rings is 2. The predicted octanol–water partition coefficient (Wildman–Crippen LogP) is 5.11. The fourth-order valence-corrected chi connectivity index (χ4v) is 2.52. The van der Waals surface area contributed by atoms with E-state index in [9.17, 15) is 0 Å². The van der Waals surface area contributed by atoms with E-state index < -0.39 is 0 Å². The lowest BCUT2D eigenvalue weighted by molar-refractivity contribution is 0.244. The Balaban J connectivity index is 1.81. The van der Waals surface area contributed by atoms with E-state index in [0.717, 1.165) is 22.7 Å². The average Bonchev–Trinajstić information content (AvgIpc) is 2.61. The van der Waals surface area contributed by atoms with E-state index in [0.29, 0.717) is 16.8 Å². The maximum absolute atomic E-state index is 6.16. The highest BCUT2D eigenvalue weighted by molar-refractivity contribution is 6.31. The Morgan fingerprint density at radius 3 is 2.58 bits per heavy atom. The van der Waals surface area contributed by atoms with E-state index in [1.165, 1.54) is 0 Å². The van der Waals surface area contributed by atoms with Gasteiger partial charge in [-0.05, 0) is 50.6 Å². The normalized spacial score (nSPS) is 10.7. The highest BCUT2D eigenvalue weighted by Crippen LogP contribution is 2.28. The number of anilines is 4. The Bertz CT molecular complexity index is 901. The Labute approximate surface area is 157 Å². The molecule has 134 valence electrons. The van der Waals surface area contributed by atoms with Gasteiger partial charge >= 0.3 is 0 Å². The van der Waals surface area contributed by atoms with E-state index in [-0.39, 0.29) is 6.10 Å². The van der Waals surface area contributed by atoms with E-state index in [1.807, 2.05) is 63.2 Å². The van der Waals surface area contributed by atoms with Gasteiger partial charge in [-0.3, -0.25) is 0 Å². The van der Waals surface area contributed by atoms with Gasteiger partial charge in [0.25, 0.3) is 0 Å². The number of nitrogens with one attached hydrogen (secondary N) is 2. The first kappa shape index (κ1) is 17.9. The van der Waals surface area contributed by atoms with Crippen molar-refractivity contribution in [2.75, 3.05) is 10.6 Å². The molecule has 0 bridgehead atoms. The van der Waals surface area contributed by atoms with Crippen molar-refractivity contribution in [1.29, 1.82) is 0 Å². The summed E-state index contributed by atoms with van der Waals surface area (Å²) < 4.78 is 5.80. The number of halogens is 1. The van der Waals surface area contributed by atoms with Crippen LogP contribution in [0.1, 0.15) is 19.4 Å². The van der Waals surface area contributed by atoms with Crippen molar-refractivity contribution in [3.63, 3.8) is 0 Å².